The summed E-state index contributed by atoms with van der Waals surface area (Å²) in [5, 5.41) is 0. The first-order valence-corrected chi connectivity index (χ1v) is 11.1. The van der Waals surface area contributed by atoms with Crippen LogP contribution < -0.4 is 0 Å². The van der Waals surface area contributed by atoms with Crippen molar-refractivity contribution in [3.63, 3.8) is 0 Å². The Balaban J connectivity index is 1.72. The molecule has 0 aromatic heterocycles. The van der Waals surface area contributed by atoms with Crippen molar-refractivity contribution < 1.29 is 0 Å². The van der Waals surface area contributed by atoms with Gasteiger partial charge in [-0.25, -0.2) is 0 Å². The van der Waals surface area contributed by atoms with Crippen LogP contribution >= 0.6 is 0 Å². The summed E-state index contributed by atoms with van der Waals surface area (Å²) < 4.78 is 0. The first-order chi connectivity index (χ1) is 15.3. The highest BCUT2D eigenvalue weighted by Gasteiger charge is 2.35. The molecule has 0 heterocycles. The van der Waals surface area contributed by atoms with Gasteiger partial charge in [0.25, 0.3) is 0 Å². The highest BCUT2D eigenvalue weighted by molar-refractivity contribution is 6.26. The Morgan fingerprint density at radius 3 is 1.87 bits per heavy atom. The molecule has 0 heteroatoms. The van der Waals surface area contributed by atoms with Crippen molar-refractivity contribution in [3.05, 3.63) is 143 Å². The van der Waals surface area contributed by atoms with E-state index in [2.05, 4.69) is 116 Å². The van der Waals surface area contributed by atoms with Gasteiger partial charge >= 0.3 is 0 Å². The van der Waals surface area contributed by atoms with E-state index in [1.807, 2.05) is 0 Å². The molecule has 0 amide bonds. The van der Waals surface area contributed by atoms with E-state index in [4.69, 9.17) is 0 Å². The molecule has 0 nitrogen and oxygen atoms in total. The minimum Gasteiger partial charge on any atom is -0.0622 e. The van der Waals surface area contributed by atoms with Crippen LogP contribution in [0.25, 0.3) is 22.3 Å². The van der Waals surface area contributed by atoms with Gasteiger partial charge in [-0.1, -0.05) is 116 Å². The van der Waals surface area contributed by atoms with Gasteiger partial charge in [-0.3, -0.25) is 0 Å². The topological polar surface area (TPSA) is 0 Å². The minimum atomic E-state index is 0.367. The Bertz CT molecular complexity index is 1340. The molecule has 0 radical (unpaired) electrons. The van der Waals surface area contributed by atoms with Crippen molar-refractivity contribution in [2.75, 3.05) is 0 Å². The maximum absolute atomic E-state index is 2.36. The first-order valence-electron chi connectivity index (χ1n) is 11.1. The van der Waals surface area contributed by atoms with Gasteiger partial charge < -0.3 is 0 Å². The van der Waals surface area contributed by atoms with Crippen LogP contribution in [0.5, 0.6) is 0 Å². The fourth-order valence-corrected chi connectivity index (χ4v) is 5.43. The summed E-state index contributed by atoms with van der Waals surface area (Å²) >= 11 is 0. The van der Waals surface area contributed by atoms with Crippen LogP contribution in [0.2, 0.25) is 0 Å². The standard InChI is InChI=1S/C31H24/c1-21-25-17-10-11-19-27(25)31(29(21)23-14-6-3-7-15-23)30-26-18-9-8-16-24(26)20-28(30)22-12-4-2-5-13-22/h2-19,21H,20H2,1H3. The van der Waals surface area contributed by atoms with Gasteiger partial charge in [0.15, 0.2) is 0 Å². The van der Waals surface area contributed by atoms with Crippen LogP contribution in [-0.2, 0) is 6.42 Å². The van der Waals surface area contributed by atoms with Crippen LogP contribution in [0.4, 0.5) is 0 Å². The van der Waals surface area contributed by atoms with Gasteiger partial charge in [0.2, 0.25) is 0 Å². The summed E-state index contributed by atoms with van der Waals surface area (Å²) in [6.45, 7) is 2.36. The van der Waals surface area contributed by atoms with Crippen LogP contribution in [0.15, 0.2) is 109 Å². The summed E-state index contributed by atoms with van der Waals surface area (Å²) in [5.41, 5.74) is 14.0. The molecule has 0 aliphatic heterocycles. The van der Waals surface area contributed by atoms with Crippen LogP contribution in [0, 0.1) is 0 Å². The molecule has 0 saturated carbocycles. The molecule has 0 N–H and O–H groups in total. The van der Waals surface area contributed by atoms with Gasteiger partial charge in [0.1, 0.15) is 0 Å². The highest BCUT2D eigenvalue weighted by atomic mass is 14.4. The van der Waals surface area contributed by atoms with Crippen LogP contribution in [-0.4, -0.2) is 0 Å². The molecule has 2 aliphatic carbocycles. The third kappa shape index (κ3) is 2.83. The van der Waals surface area contributed by atoms with Crippen LogP contribution in [0.3, 0.4) is 0 Å². The number of rotatable bonds is 3. The molecule has 0 bridgehead atoms. The Morgan fingerprint density at radius 1 is 0.548 bits per heavy atom. The average molecular weight is 397 g/mol. The fraction of sp³-hybridized carbons (Fsp3) is 0.0968. The zero-order valence-electron chi connectivity index (χ0n) is 17.7. The molecule has 1 unspecified atom stereocenters. The van der Waals surface area contributed by atoms with Crippen molar-refractivity contribution in [1.82, 2.24) is 0 Å². The summed E-state index contributed by atoms with van der Waals surface area (Å²) in [5.74, 6) is 0.367. The van der Waals surface area contributed by atoms with Gasteiger partial charge in [0.05, 0.1) is 0 Å². The lowest BCUT2D eigenvalue weighted by Crippen LogP contribution is -1.94. The van der Waals surface area contributed by atoms with Gasteiger partial charge in [-0.2, -0.15) is 0 Å². The van der Waals surface area contributed by atoms with Gasteiger partial charge in [-0.05, 0) is 62.1 Å². The van der Waals surface area contributed by atoms with E-state index in [9.17, 15) is 0 Å². The second-order valence-electron chi connectivity index (χ2n) is 8.52. The minimum absolute atomic E-state index is 0.367. The lowest BCUT2D eigenvalue weighted by molar-refractivity contribution is 1.01. The number of benzene rings is 4. The second-order valence-corrected chi connectivity index (χ2v) is 8.52. The zero-order chi connectivity index (χ0) is 20.8. The SMILES string of the molecule is CC1C(c2ccccc2)=C(C2=C(c3ccccc3)Cc3ccccc32)c2ccccc21. The van der Waals surface area contributed by atoms with Crippen molar-refractivity contribution in [2.45, 2.75) is 19.3 Å². The number of fused-ring (bicyclic) bond motifs is 2. The number of hydrogen-bond acceptors (Lipinski definition) is 0. The largest absolute Gasteiger partial charge is 0.0622 e. The van der Waals surface area contributed by atoms with E-state index in [1.165, 1.54) is 55.7 Å². The van der Waals surface area contributed by atoms with E-state index in [-0.39, 0.29) is 0 Å². The molecular weight excluding hydrogens is 372 g/mol. The number of allylic oxidation sites excluding steroid dienone is 4. The maximum atomic E-state index is 2.36. The summed E-state index contributed by atoms with van der Waals surface area (Å²) in [4.78, 5) is 0. The normalized spacial score (nSPS) is 17.1. The Morgan fingerprint density at radius 2 is 1.13 bits per heavy atom. The molecule has 0 fully saturated rings. The van der Waals surface area contributed by atoms with E-state index < -0.39 is 0 Å². The van der Waals surface area contributed by atoms with Crippen LogP contribution in [0.1, 0.15) is 46.2 Å². The quantitative estimate of drug-likeness (QED) is 0.330. The molecule has 0 spiro atoms. The second kappa shape index (κ2) is 7.25. The molecule has 6 rings (SSSR count). The molecule has 2 aliphatic rings. The number of hydrogen-bond donors (Lipinski definition) is 0. The van der Waals surface area contributed by atoms with Crippen molar-refractivity contribution in [2.24, 2.45) is 0 Å². The van der Waals surface area contributed by atoms with E-state index in [0.717, 1.165) is 6.42 Å². The first kappa shape index (κ1) is 18.2. The molecule has 0 saturated heterocycles. The monoisotopic (exact) mass is 396 g/mol. The van der Waals surface area contributed by atoms with Gasteiger partial charge in [-0.15, -0.1) is 0 Å². The van der Waals surface area contributed by atoms with Crippen molar-refractivity contribution >= 4 is 22.3 Å². The molecule has 4 aromatic rings. The third-order valence-corrected chi connectivity index (χ3v) is 6.81. The predicted octanol–water partition coefficient (Wildman–Crippen LogP) is 7.88. The molecule has 31 heavy (non-hydrogen) atoms. The summed E-state index contributed by atoms with van der Waals surface area (Å²) in [6.07, 6.45) is 0.984. The molecule has 4 aromatic carbocycles. The van der Waals surface area contributed by atoms with Gasteiger partial charge in [0, 0.05) is 5.92 Å². The van der Waals surface area contributed by atoms with Crippen molar-refractivity contribution in [1.29, 1.82) is 0 Å². The third-order valence-electron chi connectivity index (χ3n) is 6.81. The molecule has 148 valence electrons. The van der Waals surface area contributed by atoms with E-state index in [0.29, 0.717) is 5.92 Å². The Hall–Kier alpha value is -3.64. The maximum Gasteiger partial charge on any atom is 0.00794 e. The molecule has 1 atom stereocenters. The molecular formula is C31H24. The summed E-state index contributed by atoms with van der Waals surface area (Å²) in [7, 11) is 0. The average Bonchev–Trinajstić information content (AvgIpc) is 3.35. The van der Waals surface area contributed by atoms with E-state index in [1.54, 1.807) is 0 Å². The zero-order valence-corrected chi connectivity index (χ0v) is 17.7. The highest BCUT2D eigenvalue weighted by Crippen LogP contribution is 2.55. The van der Waals surface area contributed by atoms with E-state index >= 15 is 0 Å². The lowest BCUT2D eigenvalue weighted by Gasteiger charge is -2.16. The Labute approximate surface area is 184 Å². The lowest BCUT2D eigenvalue weighted by atomic mass is 9.87. The Kier molecular flexibility index (Phi) is 4.25. The fourth-order valence-electron chi connectivity index (χ4n) is 5.43. The summed E-state index contributed by atoms with van der Waals surface area (Å²) in [6, 6.07) is 39.8. The van der Waals surface area contributed by atoms with Crippen molar-refractivity contribution in [3.8, 4) is 0 Å². The smallest absolute Gasteiger partial charge is 0.00794 e. The predicted molar refractivity (Wildman–Crippen MR) is 132 cm³/mol.